The molecule has 0 bridgehead atoms. The highest BCUT2D eigenvalue weighted by Gasteiger charge is 2.18. The normalized spacial score (nSPS) is 13.4. The summed E-state index contributed by atoms with van der Waals surface area (Å²) < 4.78 is 0. The second-order valence-corrected chi connectivity index (χ2v) is 21.1. The zero-order chi connectivity index (χ0) is 52.0. The Balaban J connectivity index is 3.51. The standard InChI is InChI=1S/C68H121NO3/c1-3-5-7-9-11-13-15-17-19-21-23-25-27-28-29-30-31-32-33-34-35-36-37-38-39-40-42-44-46-48-50-52-54-56-58-60-62-64-68(72)69-66(65-70)67(71)63-61-59-57-55-53-51-49-47-45-43-41-26-24-22-20-18-16-14-12-10-8-6-4-2/h5,7,11,13,17,19,23,25,28-29,31-32,53,55,61,63,66-67,70-71H,3-4,6,8-10,12,14-16,18,20-22,24,26-27,30,33-52,54,56-60,62,64-65H2,1-2H3,(H,69,72)/b7-5-,13-11-,19-17-,25-23-,29-28-,32-31-,55-53+,63-61+. The summed E-state index contributed by atoms with van der Waals surface area (Å²) in [5.74, 6) is -0.0720. The molecule has 0 aromatic heterocycles. The topological polar surface area (TPSA) is 69.6 Å². The average Bonchev–Trinajstić information content (AvgIpc) is 3.39. The molecule has 0 saturated heterocycles. The lowest BCUT2D eigenvalue weighted by atomic mass is 10.0. The van der Waals surface area contributed by atoms with Crippen LogP contribution in [0.5, 0.6) is 0 Å². The number of unbranched alkanes of at least 4 members (excludes halogenated alkanes) is 36. The van der Waals surface area contributed by atoms with Gasteiger partial charge in [0.25, 0.3) is 0 Å². The van der Waals surface area contributed by atoms with Crippen molar-refractivity contribution in [3.63, 3.8) is 0 Å². The first-order valence-electron chi connectivity index (χ1n) is 31.5. The third kappa shape index (κ3) is 58.2. The molecular weight excluding hydrogens is 879 g/mol. The van der Waals surface area contributed by atoms with E-state index in [2.05, 4.69) is 104 Å². The first-order valence-corrected chi connectivity index (χ1v) is 31.5. The van der Waals surface area contributed by atoms with Gasteiger partial charge in [-0.1, -0.05) is 317 Å². The van der Waals surface area contributed by atoms with Crippen molar-refractivity contribution in [2.75, 3.05) is 6.61 Å². The predicted octanol–water partition coefficient (Wildman–Crippen LogP) is 21.3. The Morgan fingerprint density at radius 2 is 0.625 bits per heavy atom. The zero-order valence-corrected chi connectivity index (χ0v) is 47.9. The van der Waals surface area contributed by atoms with E-state index >= 15 is 0 Å². The summed E-state index contributed by atoms with van der Waals surface area (Å²) in [6, 6.07) is -0.644. The minimum atomic E-state index is -0.867. The highest BCUT2D eigenvalue weighted by atomic mass is 16.3. The largest absolute Gasteiger partial charge is 0.394 e. The summed E-state index contributed by atoms with van der Waals surface area (Å²) in [5.41, 5.74) is 0. The molecule has 4 heteroatoms. The third-order valence-corrected chi connectivity index (χ3v) is 14.1. The molecule has 1 amide bonds. The van der Waals surface area contributed by atoms with Crippen molar-refractivity contribution < 1.29 is 15.0 Å². The monoisotopic (exact) mass is 1000 g/mol. The van der Waals surface area contributed by atoms with Crippen LogP contribution in [0, 0.1) is 0 Å². The van der Waals surface area contributed by atoms with Crippen molar-refractivity contribution in [3.8, 4) is 0 Å². The molecule has 0 rings (SSSR count). The number of aliphatic hydroxyl groups is 2. The Hall–Kier alpha value is -2.69. The fourth-order valence-electron chi connectivity index (χ4n) is 9.32. The molecule has 3 N–H and O–H groups in total. The smallest absolute Gasteiger partial charge is 0.220 e. The van der Waals surface area contributed by atoms with Crippen molar-refractivity contribution in [1.82, 2.24) is 5.32 Å². The summed E-state index contributed by atoms with van der Waals surface area (Å²) in [6.07, 6.45) is 93.1. The van der Waals surface area contributed by atoms with Crippen LogP contribution in [0.2, 0.25) is 0 Å². The van der Waals surface area contributed by atoms with Crippen LogP contribution in [-0.4, -0.2) is 34.9 Å². The van der Waals surface area contributed by atoms with Gasteiger partial charge in [-0.3, -0.25) is 4.79 Å². The molecule has 72 heavy (non-hydrogen) atoms. The molecule has 0 radical (unpaired) electrons. The molecule has 0 aliphatic rings. The van der Waals surface area contributed by atoms with Crippen LogP contribution < -0.4 is 5.32 Å². The fraction of sp³-hybridized carbons (Fsp3) is 0.750. The number of amides is 1. The fourth-order valence-corrected chi connectivity index (χ4v) is 9.32. The van der Waals surface area contributed by atoms with Crippen LogP contribution >= 0.6 is 0 Å². The lowest BCUT2D eigenvalue weighted by molar-refractivity contribution is -0.123. The van der Waals surface area contributed by atoms with Gasteiger partial charge in [-0.05, 0) is 83.5 Å². The molecule has 0 spiro atoms. The molecule has 0 fully saturated rings. The van der Waals surface area contributed by atoms with E-state index in [-0.39, 0.29) is 12.5 Å². The molecule has 0 saturated carbocycles. The summed E-state index contributed by atoms with van der Waals surface area (Å²) in [7, 11) is 0. The molecule has 0 aromatic carbocycles. The van der Waals surface area contributed by atoms with Crippen LogP contribution in [0.1, 0.15) is 309 Å². The predicted molar refractivity (Wildman–Crippen MR) is 322 cm³/mol. The van der Waals surface area contributed by atoms with Gasteiger partial charge in [-0.25, -0.2) is 0 Å². The van der Waals surface area contributed by atoms with E-state index in [0.29, 0.717) is 6.42 Å². The van der Waals surface area contributed by atoms with Crippen LogP contribution in [-0.2, 0) is 4.79 Å². The van der Waals surface area contributed by atoms with Crippen molar-refractivity contribution in [2.45, 2.75) is 321 Å². The number of carbonyl (C=O) groups excluding carboxylic acids is 1. The van der Waals surface area contributed by atoms with Gasteiger partial charge in [-0.2, -0.15) is 0 Å². The maximum atomic E-state index is 12.5. The zero-order valence-electron chi connectivity index (χ0n) is 47.9. The van der Waals surface area contributed by atoms with Gasteiger partial charge >= 0.3 is 0 Å². The summed E-state index contributed by atoms with van der Waals surface area (Å²) >= 11 is 0. The van der Waals surface area contributed by atoms with E-state index < -0.39 is 12.1 Å². The highest BCUT2D eigenvalue weighted by molar-refractivity contribution is 5.76. The number of rotatable bonds is 57. The number of hydrogen-bond acceptors (Lipinski definition) is 3. The highest BCUT2D eigenvalue weighted by Crippen LogP contribution is 2.17. The first-order chi connectivity index (χ1) is 35.7. The van der Waals surface area contributed by atoms with Crippen molar-refractivity contribution >= 4 is 5.91 Å². The van der Waals surface area contributed by atoms with Gasteiger partial charge in [0.15, 0.2) is 0 Å². The van der Waals surface area contributed by atoms with Gasteiger partial charge < -0.3 is 15.5 Å². The van der Waals surface area contributed by atoms with Crippen LogP contribution in [0.15, 0.2) is 97.2 Å². The van der Waals surface area contributed by atoms with Crippen molar-refractivity contribution in [3.05, 3.63) is 97.2 Å². The van der Waals surface area contributed by atoms with E-state index in [1.165, 1.54) is 218 Å². The molecule has 0 heterocycles. The van der Waals surface area contributed by atoms with Gasteiger partial charge in [-0.15, -0.1) is 0 Å². The Labute approximate surface area is 449 Å². The maximum Gasteiger partial charge on any atom is 0.220 e. The Kier molecular flexibility index (Phi) is 60.3. The molecular formula is C68H121NO3. The molecule has 416 valence electrons. The van der Waals surface area contributed by atoms with Crippen molar-refractivity contribution in [1.29, 1.82) is 0 Å². The Morgan fingerprint density at radius 1 is 0.347 bits per heavy atom. The minimum absolute atomic E-state index is 0.0720. The number of allylic oxidation sites excluding steroid dienone is 15. The lowest BCUT2D eigenvalue weighted by Gasteiger charge is -2.19. The SMILES string of the molecule is CC/C=C\C/C=C\C/C=C\C/C=C\C/C=C\C/C=C\CCCCCCCCCCCCCCCCCCCCC(=O)NC(CO)C(O)/C=C/CC/C=C/CCCCCCCCCCCCCCCCCCC. The minimum Gasteiger partial charge on any atom is -0.394 e. The van der Waals surface area contributed by atoms with Crippen LogP contribution in [0.3, 0.4) is 0 Å². The maximum absolute atomic E-state index is 12.5. The Bertz CT molecular complexity index is 1320. The van der Waals surface area contributed by atoms with E-state index in [1.54, 1.807) is 6.08 Å². The summed E-state index contributed by atoms with van der Waals surface area (Å²) in [4.78, 5) is 12.5. The van der Waals surface area contributed by atoms with E-state index in [9.17, 15) is 15.0 Å². The average molecular weight is 1000 g/mol. The molecule has 2 unspecified atom stereocenters. The number of aliphatic hydroxyl groups excluding tert-OH is 2. The summed E-state index contributed by atoms with van der Waals surface area (Å²) in [6.45, 7) is 4.20. The molecule has 0 aliphatic carbocycles. The lowest BCUT2D eigenvalue weighted by Crippen LogP contribution is -2.45. The number of hydrogen-bond donors (Lipinski definition) is 3. The number of carbonyl (C=O) groups is 1. The van der Waals surface area contributed by atoms with Crippen LogP contribution in [0.25, 0.3) is 0 Å². The van der Waals surface area contributed by atoms with E-state index in [1.807, 2.05) is 6.08 Å². The molecule has 2 atom stereocenters. The summed E-state index contributed by atoms with van der Waals surface area (Å²) in [5, 5.41) is 23.2. The Morgan fingerprint density at radius 3 is 0.972 bits per heavy atom. The number of nitrogens with one attached hydrogen (secondary N) is 1. The van der Waals surface area contributed by atoms with Crippen LogP contribution in [0.4, 0.5) is 0 Å². The van der Waals surface area contributed by atoms with Gasteiger partial charge in [0.1, 0.15) is 0 Å². The second kappa shape index (κ2) is 62.6. The van der Waals surface area contributed by atoms with Gasteiger partial charge in [0.2, 0.25) is 5.91 Å². The first kappa shape index (κ1) is 69.3. The van der Waals surface area contributed by atoms with E-state index in [0.717, 1.165) is 70.6 Å². The molecule has 0 aliphatic heterocycles. The molecule has 4 nitrogen and oxygen atoms in total. The second-order valence-electron chi connectivity index (χ2n) is 21.1. The molecule has 0 aromatic rings. The van der Waals surface area contributed by atoms with Crippen molar-refractivity contribution in [2.24, 2.45) is 0 Å². The quantitative estimate of drug-likeness (QED) is 0.0420. The van der Waals surface area contributed by atoms with Gasteiger partial charge in [0, 0.05) is 6.42 Å². The van der Waals surface area contributed by atoms with E-state index in [4.69, 9.17) is 0 Å². The van der Waals surface area contributed by atoms with Gasteiger partial charge in [0.05, 0.1) is 18.8 Å². The third-order valence-electron chi connectivity index (χ3n) is 14.1.